The molecular weight excluding hydrogens is 266 g/mol. The number of nitrogens with zero attached hydrogens (tertiary/aromatic N) is 3. The highest BCUT2D eigenvalue weighted by Gasteiger charge is 2.34. The SMILES string of the molecule is NC1CCC(c2nc3n(n2)C(C2CCCO2)CCN3)CC1. The average molecular weight is 291 g/mol. The monoisotopic (exact) mass is 291 g/mol. The van der Waals surface area contributed by atoms with Crippen molar-refractivity contribution in [1.29, 1.82) is 0 Å². The maximum Gasteiger partial charge on any atom is 0.221 e. The third-order valence-corrected chi connectivity index (χ3v) is 5.22. The fraction of sp³-hybridized carbons (Fsp3) is 0.867. The fourth-order valence-electron chi connectivity index (χ4n) is 3.95. The number of rotatable bonds is 2. The predicted molar refractivity (Wildman–Crippen MR) is 80.3 cm³/mol. The van der Waals surface area contributed by atoms with Crippen LogP contribution in [0.25, 0.3) is 0 Å². The van der Waals surface area contributed by atoms with Crippen LogP contribution in [0.4, 0.5) is 5.95 Å². The maximum atomic E-state index is 6.00. The van der Waals surface area contributed by atoms with E-state index in [4.69, 9.17) is 20.6 Å². The van der Waals surface area contributed by atoms with E-state index in [9.17, 15) is 0 Å². The summed E-state index contributed by atoms with van der Waals surface area (Å²) in [5.41, 5.74) is 6.00. The highest BCUT2D eigenvalue weighted by atomic mass is 16.5. The van der Waals surface area contributed by atoms with E-state index >= 15 is 0 Å². The van der Waals surface area contributed by atoms with Gasteiger partial charge in [-0.1, -0.05) is 0 Å². The van der Waals surface area contributed by atoms with Gasteiger partial charge in [-0.25, -0.2) is 4.68 Å². The van der Waals surface area contributed by atoms with Crippen molar-refractivity contribution in [3.8, 4) is 0 Å². The van der Waals surface area contributed by atoms with Gasteiger partial charge in [0.05, 0.1) is 12.1 Å². The van der Waals surface area contributed by atoms with Gasteiger partial charge in [-0.3, -0.25) is 0 Å². The highest BCUT2D eigenvalue weighted by molar-refractivity contribution is 5.29. The van der Waals surface area contributed by atoms with Crippen LogP contribution in [0.2, 0.25) is 0 Å². The Labute approximate surface area is 125 Å². The van der Waals surface area contributed by atoms with Gasteiger partial charge in [0.15, 0.2) is 5.82 Å². The Morgan fingerprint density at radius 1 is 1.14 bits per heavy atom. The minimum atomic E-state index is 0.320. The Morgan fingerprint density at radius 2 is 2.00 bits per heavy atom. The maximum absolute atomic E-state index is 6.00. The Kier molecular flexibility index (Phi) is 3.59. The number of fused-ring (bicyclic) bond motifs is 1. The van der Waals surface area contributed by atoms with Gasteiger partial charge in [-0.05, 0) is 44.9 Å². The van der Waals surface area contributed by atoms with E-state index in [-0.39, 0.29) is 0 Å². The molecule has 2 fully saturated rings. The second kappa shape index (κ2) is 5.57. The number of hydrogen-bond donors (Lipinski definition) is 2. The second-order valence-electron chi connectivity index (χ2n) is 6.68. The molecule has 6 heteroatoms. The first-order chi connectivity index (χ1) is 10.3. The molecule has 1 aliphatic carbocycles. The summed E-state index contributed by atoms with van der Waals surface area (Å²) >= 11 is 0. The van der Waals surface area contributed by atoms with Crippen LogP contribution in [0.15, 0.2) is 0 Å². The number of ether oxygens (including phenoxy) is 1. The van der Waals surface area contributed by atoms with Crippen molar-refractivity contribution in [2.75, 3.05) is 18.5 Å². The lowest BCUT2D eigenvalue weighted by Crippen LogP contribution is -2.32. The van der Waals surface area contributed by atoms with Crippen LogP contribution in [0.5, 0.6) is 0 Å². The summed E-state index contributed by atoms with van der Waals surface area (Å²) < 4.78 is 7.99. The number of nitrogens with two attached hydrogens (primary N) is 1. The molecule has 2 unspecified atom stereocenters. The normalized spacial score (nSPS) is 36.2. The smallest absolute Gasteiger partial charge is 0.221 e. The lowest BCUT2D eigenvalue weighted by Gasteiger charge is -2.28. The van der Waals surface area contributed by atoms with Gasteiger partial charge in [-0.2, -0.15) is 10.1 Å². The van der Waals surface area contributed by atoms with Crippen molar-refractivity contribution in [1.82, 2.24) is 14.8 Å². The van der Waals surface area contributed by atoms with E-state index < -0.39 is 0 Å². The van der Waals surface area contributed by atoms with Gasteiger partial charge in [0, 0.05) is 25.1 Å². The summed E-state index contributed by atoms with van der Waals surface area (Å²) in [6, 6.07) is 0.729. The van der Waals surface area contributed by atoms with E-state index in [1.165, 1.54) is 6.42 Å². The van der Waals surface area contributed by atoms with Crippen molar-refractivity contribution in [3.05, 3.63) is 5.82 Å². The van der Waals surface area contributed by atoms with E-state index in [0.717, 1.165) is 63.4 Å². The molecule has 0 amide bonds. The molecule has 3 aliphatic rings. The summed E-state index contributed by atoms with van der Waals surface area (Å²) in [4.78, 5) is 4.77. The van der Waals surface area contributed by atoms with Crippen molar-refractivity contribution in [3.63, 3.8) is 0 Å². The van der Waals surface area contributed by atoms with Crippen LogP contribution in [-0.2, 0) is 4.74 Å². The van der Waals surface area contributed by atoms with Gasteiger partial charge in [0.25, 0.3) is 0 Å². The van der Waals surface area contributed by atoms with Crippen molar-refractivity contribution in [2.24, 2.45) is 5.73 Å². The molecule has 116 valence electrons. The predicted octanol–water partition coefficient (Wildman–Crippen LogP) is 1.80. The van der Waals surface area contributed by atoms with Crippen molar-refractivity contribution < 1.29 is 4.74 Å². The van der Waals surface area contributed by atoms with Crippen LogP contribution in [0.1, 0.15) is 62.7 Å². The minimum absolute atomic E-state index is 0.320. The van der Waals surface area contributed by atoms with Gasteiger partial charge in [0.2, 0.25) is 5.95 Å². The lowest BCUT2D eigenvalue weighted by atomic mass is 9.86. The Balaban J connectivity index is 1.55. The fourth-order valence-corrected chi connectivity index (χ4v) is 3.95. The summed E-state index contributed by atoms with van der Waals surface area (Å²) in [6.45, 7) is 1.87. The first kappa shape index (κ1) is 13.5. The topological polar surface area (TPSA) is 78.0 Å². The summed E-state index contributed by atoms with van der Waals surface area (Å²) in [5.74, 6) is 2.43. The number of aromatic nitrogens is 3. The molecule has 1 aromatic heterocycles. The Morgan fingerprint density at radius 3 is 2.76 bits per heavy atom. The quantitative estimate of drug-likeness (QED) is 0.868. The van der Waals surface area contributed by atoms with E-state index in [1.807, 2.05) is 0 Å². The minimum Gasteiger partial charge on any atom is -0.376 e. The standard InChI is InChI=1S/C15H25N5O/c16-11-5-3-10(4-6-11)14-18-15-17-8-7-12(20(15)19-14)13-2-1-9-21-13/h10-13H,1-9,16H2,(H,17,18,19). The summed E-state index contributed by atoms with van der Waals surface area (Å²) in [6.07, 6.45) is 8.15. The van der Waals surface area contributed by atoms with Crippen LogP contribution in [-0.4, -0.2) is 40.1 Å². The molecule has 2 atom stereocenters. The molecule has 3 N–H and O–H groups in total. The van der Waals surface area contributed by atoms with Gasteiger partial charge in [0.1, 0.15) is 0 Å². The molecule has 21 heavy (non-hydrogen) atoms. The van der Waals surface area contributed by atoms with Gasteiger partial charge < -0.3 is 15.8 Å². The Hall–Kier alpha value is -1.14. The molecule has 0 radical (unpaired) electrons. The molecule has 1 saturated heterocycles. The van der Waals surface area contributed by atoms with Crippen LogP contribution >= 0.6 is 0 Å². The molecule has 1 aromatic rings. The van der Waals surface area contributed by atoms with Crippen LogP contribution in [0, 0.1) is 0 Å². The summed E-state index contributed by atoms with van der Waals surface area (Å²) in [7, 11) is 0. The molecule has 0 aromatic carbocycles. The molecule has 2 aliphatic heterocycles. The number of anilines is 1. The largest absolute Gasteiger partial charge is 0.376 e. The van der Waals surface area contributed by atoms with Gasteiger partial charge in [-0.15, -0.1) is 0 Å². The van der Waals surface area contributed by atoms with E-state index in [2.05, 4.69) is 10.00 Å². The first-order valence-corrected chi connectivity index (χ1v) is 8.39. The van der Waals surface area contributed by atoms with Crippen molar-refractivity contribution >= 4 is 5.95 Å². The summed E-state index contributed by atoms with van der Waals surface area (Å²) in [5, 5.41) is 8.24. The van der Waals surface area contributed by atoms with E-state index in [1.54, 1.807) is 0 Å². The molecule has 3 heterocycles. The molecule has 6 nitrogen and oxygen atoms in total. The third-order valence-electron chi connectivity index (χ3n) is 5.22. The van der Waals surface area contributed by atoms with Crippen molar-refractivity contribution in [2.45, 2.75) is 69.1 Å². The lowest BCUT2D eigenvalue weighted by molar-refractivity contribution is 0.0588. The highest BCUT2D eigenvalue weighted by Crippen LogP contribution is 2.35. The molecule has 0 bridgehead atoms. The van der Waals surface area contributed by atoms with E-state index in [0.29, 0.717) is 24.1 Å². The van der Waals surface area contributed by atoms with Crippen LogP contribution < -0.4 is 11.1 Å². The second-order valence-corrected chi connectivity index (χ2v) is 6.68. The third kappa shape index (κ3) is 2.55. The molecule has 0 spiro atoms. The van der Waals surface area contributed by atoms with Gasteiger partial charge >= 0.3 is 0 Å². The molecular formula is C15H25N5O. The molecule has 1 saturated carbocycles. The zero-order valence-corrected chi connectivity index (χ0v) is 12.5. The molecule has 4 rings (SSSR count). The Bertz CT molecular complexity index is 488. The zero-order chi connectivity index (χ0) is 14.2. The zero-order valence-electron chi connectivity index (χ0n) is 12.5. The van der Waals surface area contributed by atoms with Crippen LogP contribution in [0.3, 0.4) is 0 Å². The first-order valence-electron chi connectivity index (χ1n) is 8.39. The average Bonchev–Trinajstić information content (AvgIpc) is 3.17. The number of nitrogens with one attached hydrogen (secondary N) is 1. The number of hydrogen-bond acceptors (Lipinski definition) is 5.